The van der Waals surface area contributed by atoms with Crippen LogP contribution in [0.5, 0.6) is 11.5 Å². The number of thioether (sulfide) groups is 1. The van der Waals surface area contributed by atoms with Gasteiger partial charge in [-0.3, -0.25) is 4.79 Å². The van der Waals surface area contributed by atoms with Crippen molar-refractivity contribution in [2.45, 2.75) is 23.9 Å². The smallest absolute Gasteiger partial charge is 0.255 e. The normalized spacial score (nSPS) is 14.5. The van der Waals surface area contributed by atoms with Crippen LogP contribution >= 0.6 is 11.8 Å². The number of allylic oxidation sites excluding steroid dienone is 1. The van der Waals surface area contributed by atoms with Crippen LogP contribution in [0.2, 0.25) is 0 Å². The van der Waals surface area contributed by atoms with E-state index in [0.29, 0.717) is 39.6 Å². The molecule has 8 nitrogen and oxygen atoms in total. The third-order valence-electron chi connectivity index (χ3n) is 6.04. The van der Waals surface area contributed by atoms with Crippen molar-refractivity contribution < 1.29 is 14.3 Å². The molecule has 0 saturated carbocycles. The number of amides is 1. The van der Waals surface area contributed by atoms with Crippen LogP contribution in [0, 0.1) is 0 Å². The van der Waals surface area contributed by atoms with Crippen molar-refractivity contribution in [3.05, 3.63) is 101 Å². The summed E-state index contributed by atoms with van der Waals surface area (Å²) in [7, 11) is 3.18. The average molecular weight is 514 g/mol. The van der Waals surface area contributed by atoms with Crippen LogP contribution in [0.15, 0.2) is 95.3 Å². The summed E-state index contributed by atoms with van der Waals surface area (Å²) in [5, 5.41) is 11.7. The minimum absolute atomic E-state index is 0.226. The molecule has 0 spiro atoms. The molecule has 188 valence electrons. The predicted molar refractivity (Wildman–Crippen MR) is 145 cm³/mol. The van der Waals surface area contributed by atoms with Crippen LogP contribution in [0.4, 0.5) is 11.6 Å². The molecule has 5 rings (SSSR count). The van der Waals surface area contributed by atoms with Gasteiger partial charge in [-0.15, -0.1) is 5.10 Å². The first-order valence-corrected chi connectivity index (χ1v) is 12.8. The number of carbonyl (C=O) groups is 1. The number of para-hydroxylation sites is 1. The van der Waals surface area contributed by atoms with Gasteiger partial charge in [0.2, 0.25) is 11.1 Å². The molecule has 1 atom stereocenters. The molecule has 1 aliphatic heterocycles. The van der Waals surface area contributed by atoms with Crippen molar-refractivity contribution in [3.8, 4) is 11.5 Å². The highest BCUT2D eigenvalue weighted by Crippen LogP contribution is 2.40. The van der Waals surface area contributed by atoms with Crippen molar-refractivity contribution in [1.82, 2.24) is 14.8 Å². The average Bonchev–Trinajstić information content (AvgIpc) is 3.34. The second kappa shape index (κ2) is 10.8. The van der Waals surface area contributed by atoms with Crippen molar-refractivity contribution in [2.24, 2.45) is 0 Å². The predicted octanol–water partition coefficient (Wildman–Crippen LogP) is 5.52. The van der Waals surface area contributed by atoms with E-state index < -0.39 is 6.04 Å². The van der Waals surface area contributed by atoms with E-state index >= 15 is 0 Å². The van der Waals surface area contributed by atoms with Gasteiger partial charge in [0.1, 0.15) is 6.04 Å². The number of benzene rings is 3. The van der Waals surface area contributed by atoms with E-state index in [1.54, 1.807) is 30.7 Å². The number of hydrogen-bond acceptors (Lipinski definition) is 7. The fourth-order valence-corrected chi connectivity index (χ4v) is 5.04. The second-order valence-electron chi connectivity index (χ2n) is 8.44. The van der Waals surface area contributed by atoms with Gasteiger partial charge in [-0.1, -0.05) is 66.4 Å². The first-order valence-electron chi connectivity index (χ1n) is 11.8. The van der Waals surface area contributed by atoms with E-state index in [1.807, 2.05) is 73.7 Å². The van der Waals surface area contributed by atoms with Gasteiger partial charge in [0, 0.05) is 17.1 Å². The molecule has 1 amide bonds. The van der Waals surface area contributed by atoms with Crippen molar-refractivity contribution >= 4 is 29.3 Å². The minimum Gasteiger partial charge on any atom is -0.493 e. The lowest BCUT2D eigenvalue weighted by atomic mass is 9.94. The molecule has 37 heavy (non-hydrogen) atoms. The van der Waals surface area contributed by atoms with Gasteiger partial charge in [0.15, 0.2) is 11.5 Å². The Balaban J connectivity index is 1.54. The van der Waals surface area contributed by atoms with E-state index in [9.17, 15) is 4.79 Å². The number of nitrogens with zero attached hydrogens (tertiary/aromatic N) is 3. The molecule has 0 saturated heterocycles. The number of nitrogens with one attached hydrogen (secondary N) is 2. The number of ether oxygens (including phenoxy) is 2. The summed E-state index contributed by atoms with van der Waals surface area (Å²) < 4.78 is 12.8. The van der Waals surface area contributed by atoms with Crippen LogP contribution in [0.3, 0.4) is 0 Å². The molecule has 3 aromatic carbocycles. The lowest BCUT2D eigenvalue weighted by molar-refractivity contribution is -0.113. The zero-order valence-corrected chi connectivity index (χ0v) is 21.6. The standard InChI is InChI=1S/C28H27N5O3S/c1-18-24(26(34)30-21-12-8-5-9-13-21)25(20-14-15-22(35-2)23(16-20)36-3)33-27(29-18)31-28(32-33)37-17-19-10-6-4-7-11-19/h4-16,25H,17H2,1-3H3,(H,30,34)(H,29,31,32)/t25-/m1/s1. The summed E-state index contributed by atoms with van der Waals surface area (Å²) in [6.07, 6.45) is 0. The van der Waals surface area contributed by atoms with Crippen LogP contribution in [0.25, 0.3) is 0 Å². The van der Waals surface area contributed by atoms with E-state index in [0.717, 1.165) is 11.3 Å². The highest BCUT2D eigenvalue weighted by Gasteiger charge is 2.35. The van der Waals surface area contributed by atoms with Gasteiger partial charge < -0.3 is 20.1 Å². The van der Waals surface area contributed by atoms with Crippen molar-refractivity contribution in [1.29, 1.82) is 0 Å². The summed E-state index contributed by atoms with van der Waals surface area (Å²) in [6.45, 7) is 1.88. The number of fused-ring (bicyclic) bond motifs is 1. The zero-order chi connectivity index (χ0) is 25.8. The van der Waals surface area contributed by atoms with Crippen LogP contribution in [0.1, 0.15) is 24.1 Å². The summed E-state index contributed by atoms with van der Waals surface area (Å²) in [4.78, 5) is 18.4. The Morgan fingerprint density at radius 2 is 1.70 bits per heavy atom. The highest BCUT2D eigenvalue weighted by atomic mass is 32.2. The molecule has 0 unspecified atom stereocenters. The number of carbonyl (C=O) groups excluding carboxylic acids is 1. The van der Waals surface area contributed by atoms with E-state index in [2.05, 4.69) is 22.8 Å². The highest BCUT2D eigenvalue weighted by molar-refractivity contribution is 7.98. The number of anilines is 2. The maximum Gasteiger partial charge on any atom is 0.255 e. The van der Waals surface area contributed by atoms with Crippen molar-refractivity contribution in [3.63, 3.8) is 0 Å². The summed E-state index contributed by atoms with van der Waals surface area (Å²) in [6, 6.07) is 24.7. The third kappa shape index (κ3) is 5.17. The van der Waals surface area contributed by atoms with Gasteiger partial charge in [-0.25, -0.2) is 4.68 Å². The molecular weight excluding hydrogens is 486 g/mol. The van der Waals surface area contributed by atoms with Gasteiger partial charge in [-0.2, -0.15) is 4.98 Å². The quantitative estimate of drug-likeness (QED) is 0.300. The molecule has 2 N–H and O–H groups in total. The molecule has 0 radical (unpaired) electrons. The molecule has 0 bridgehead atoms. The first kappa shape index (κ1) is 24.5. The number of hydrogen-bond donors (Lipinski definition) is 2. The molecule has 1 aromatic heterocycles. The number of methoxy groups -OCH3 is 2. The largest absolute Gasteiger partial charge is 0.493 e. The molecular formula is C28H27N5O3S. The van der Waals surface area contributed by atoms with E-state index in [1.165, 1.54) is 5.56 Å². The van der Waals surface area contributed by atoms with E-state index in [4.69, 9.17) is 19.6 Å². The summed E-state index contributed by atoms with van der Waals surface area (Å²) >= 11 is 1.54. The fraction of sp³-hybridized carbons (Fsp3) is 0.179. The molecule has 0 fully saturated rings. The summed E-state index contributed by atoms with van der Waals surface area (Å²) in [5.74, 6) is 2.26. The SMILES string of the molecule is COc1ccc([C@@H]2C(C(=O)Nc3ccccc3)=C(C)Nc3nc(SCc4ccccc4)nn32)cc1OC. The topological polar surface area (TPSA) is 90.3 Å². The Labute approximate surface area is 219 Å². The molecule has 9 heteroatoms. The lowest BCUT2D eigenvalue weighted by Crippen LogP contribution is -2.31. The minimum atomic E-state index is -0.529. The first-order chi connectivity index (χ1) is 18.1. The van der Waals surface area contributed by atoms with Gasteiger partial charge in [-0.05, 0) is 42.3 Å². The Hall–Kier alpha value is -4.24. The van der Waals surface area contributed by atoms with Gasteiger partial charge in [0.05, 0.1) is 19.8 Å². The van der Waals surface area contributed by atoms with Crippen molar-refractivity contribution in [2.75, 3.05) is 24.9 Å². The second-order valence-corrected chi connectivity index (χ2v) is 9.38. The zero-order valence-electron chi connectivity index (χ0n) is 20.8. The molecule has 0 aliphatic carbocycles. The fourth-order valence-electron chi connectivity index (χ4n) is 4.26. The van der Waals surface area contributed by atoms with E-state index in [-0.39, 0.29) is 5.91 Å². The Bertz CT molecular complexity index is 1440. The molecule has 2 heterocycles. The van der Waals surface area contributed by atoms with Gasteiger partial charge >= 0.3 is 0 Å². The molecule has 1 aliphatic rings. The Morgan fingerprint density at radius 1 is 1.00 bits per heavy atom. The Kier molecular flexibility index (Phi) is 7.14. The lowest BCUT2D eigenvalue weighted by Gasteiger charge is -2.29. The number of rotatable bonds is 8. The Morgan fingerprint density at radius 3 is 2.41 bits per heavy atom. The number of aromatic nitrogens is 3. The van der Waals surface area contributed by atoms with Crippen LogP contribution < -0.4 is 20.1 Å². The third-order valence-corrected chi connectivity index (χ3v) is 6.95. The van der Waals surface area contributed by atoms with Crippen LogP contribution in [-0.2, 0) is 10.5 Å². The monoisotopic (exact) mass is 513 g/mol. The summed E-state index contributed by atoms with van der Waals surface area (Å²) in [5.41, 5.74) is 3.95. The maximum atomic E-state index is 13.6. The maximum absolute atomic E-state index is 13.6. The van der Waals surface area contributed by atoms with Gasteiger partial charge in [0.25, 0.3) is 5.91 Å². The molecule has 4 aromatic rings. The van der Waals surface area contributed by atoms with Crippen LogP contribution in [-0.4, -0.2) is 34.9 Å².